The van der Waals surface area contributed by atoms with Gasteiger partial charge in [-0.25, -0.2) is 4.39 Å². The molecule has 5 nitrogen and oxygen atoms in total. The van der Waals surface area contributed by atoms with Crippen molar-refractivity contribution in [2.45, 2.75) is 6.54 Å². The van der Waals surface area contributed by atoms with Crippen LogP contribution in [0.4, 0.5) is 10.1 Å². The molecule has 0 radical (unpaired) electrons. The summed E-state index contributed by atoms with van der Waals surface area (Å²) in [6.07, 6.45) is 1.71. The van der Waals surface area contributed by atoms with Gasteiger partial charge in [-0.1, -0.05) is 66.4 Å². The van der Waals surface area contributed by atoms with Gasteiger partial charge in [0.05, 0.1) is 10.6 Å². The average Bonchev–Trinajstić information content (AvgIpc) is 3.10. The highest BCUT2D eigenvalue weighted by Crippen LogP contribution is 2.36. The zero-order valence-electron chi connectivity index (χ0n) is 17.4. The van der Waals surface area contributed by atoms with Crippen LogP contribution < -0.4 is 15.0 Å². The van der Waals surface area contributed by atoms with Crippen molar-refractivity contribution in [1.82, 2.24) is 5.32 Å². The zero-order chi connectivity index (χ0) is 23.2. The van der Waals surface area contributed by atoms with E-state index >= 15 is 0 Å². The Morgan fingerprint density at radius 3 is 2.58 bits per heavy atom. The molecule has 0 aromatic heterocycles. The van der Waals surface area contributed by atoms with Crippen molar-refractivity contribution in [2.24, 2.45) is 0 Å². The molecule has 1 fully saturated rings. The molecular formula is C25H19FN2O3S2. The molecule has 3 aromatic rings. The third-order valence-corrected chi connectivity index (χ3v) is 6.04. The predicted molar refractivity (Wildman–Crippen MR) is 132 cm³/mol. The number of thiocarbonyl (C=S) groups is 1. The summed E-state index contributed by atoms with van der Waals surface area (Å²) in [5.41, 5.74) is 2.25. The number of amides is 2. The quantitative estimate of drug-likeness (QED) is 0.386. The van der Waals surface area contributed by atoms with Gasteiger partial charge in [0, 0.05) is 6.54 Å². The van der Waals surface area contributed by atoms with E-state index in [-0.39, 0.29) is 24.2 Å². The summed E-state index contributed by atoms with van der Waals surface area (Å²) in [4.78, 5) is 26.8. The Kier molecular flexibility index (Phi) is 7.16. The fraction of sp³-hybridized carbons (Fsp3) is 0.0800. The molecular weight excluding hydrogens is 459 g/mol. The van der Waals surface area contributed by atoms with Crippen LogP contribution in [0.5, 0.6) is 5.75 Å². The molecule has 2 amide bonds. The lowest BCUT2D eigenvalue weighted by atomic mass is 10.2. The summed E-state index contributed by atoms with van der Waals surface area (Å²) in [6.45, 7) is 0.307. The molecule has 166 valence electrons. The van der Waals surface area contributed by atoms with Crippen LogP contribution in [-0.4, -0.2) is 22.7 Å². The van der Waals surface area contributed by atoms with Crippen LogP contribution in [0.15, 0.2) is 83.8 Å². The van der Waals surface area contributed by atoms with Crippen LogP contribution in [0.25, 0.3) is 6.08 Å². The van der Waals surface area contributed by atoms with E-state index in [0.717, 1.165) is 11.1 Å². The summed E-state index contributed by atoms with van der Waals surface area (Å²) in [6, 6.07) is 22.3. The van der Waals surface area contributed by atoms with E-state index in [4.69, 9.17) is 17.0 Å². The number of carbonyl (C=O) groups is 2. The van der Waals surface area contributed by atoms with Crippen LogP contribution in [-0.2, 0) is 16.1 Å². The zero-order valence-corrected chi connectivity index (χ0v) is 19.0. The highest BCUT2D eigenvalue weighted by atomic mass is 32.2. The number of nitrogens with zero attached hydrogens (tertiary/aromatic N) is 1. The first-order valence-corrected chi connectivity index (χ1v) is 11.3. The molecule has 1 saturated heterocycles. The molecule has 0 bridgehead atoms. The minimum Gasteiger partial charge on any atom is -0.484 e. The van der Waals surface area contributed by atoms with Crippen molar-refractivity contribution in [1.29, 1.82) is 0 Å². The summed E-state index contributed by atoms with van der Waals surface area (Å²) < 4.78 is 19.2. The number of nitrogens with one attached hydrogen (secondary N) is 1. The third kappa shape index (κ3) is 5.85. The van der Waals surface area contributed by atoms with Gasteiger partial charge in [0.1, 0.15) is 11.6 Å². The number of carbonyl (C=O) groups excluding carboxylic acids is 2. The first kappa shape index (κ1) is 22.7. The van der Waals surface area contributed by atoms with Crippen LogP contribution in [0.1, 0.15) is 11.1 Å². The van der Waals surface area contributed by atoms with E-state index in [2.05, 4.69) is 5.32 Å². The normalized spacial score (nSPS) is 14.6. The van der Waals surface area contributed by atoms with Gasteiger partial charge < -0.3 is 10.1 Å². The number of benzene rings is 3. The molecule has 8 heteroatoms. The second-order valence-corrected chi connectivity index (χ2v) is 8.79. The largest absolute Gasteiger partial charge is 0.484 e. The Balaban J connectivity index is 1.38. The molecule has 0 aliphatic carbocycles. The van der Waals surface area contributed by atoms with Crippen LogP contribution in [0.2, 0.25) is 0 Å². The monoisotopic (exact) mass is 478 g/mol. The van der Waals surface area contributed by atoms with Gasteiger partial charge in [0.15, 0.2) is 10.9 Å². The lowest BCUT2D eigenvalue weighted by Gasteiger charge is -2.14. The Morgan fingerprint density at radius 1 is 1.06 bits per heavy atom. The molecule has 1 heterocycles. The Bertz CT molecular complexity index is 1210. The van der Waals surface area contributed by atoms with E-state index < -0.39 is 0 Å². The third-order valence-electron chi connectivity index (χ3n) is 4.74. The maximum atomic E-state index is 13.2. The van der Waals surface area contributed by atoms with Crippen molar-refractivity contribution in [2.75, 3.05) is 11.5 Å². The molecule has 4 rings (SSSR count). The van der Waals surface area contributed by atoms with Crippen molar-refractivity contribution in [3.05, 3.63) is 101 Å². The molecule has 0 spiro atoms. The first-order chi connectivity index (χ1) is 16.0. The summed E-state index contributed by atoms with van der Waals surface area (Å²) >= 11 is 6.52. The minimum atomic E-state index is -0.384. The fourth-order valence-corrected chi connectivity index (χ4v) is 4.42. The summed E-state index contributed by atoms with van der Waals surface area (Å²) in [5.74, 6) is -0.384. The maximum absolute atomic E-state index is 13.2. The van der Waals surface area contributed by atoms with Crippen molar-refractivity contribution in [3.63, 3.8) is 0 Å². The molecule has 1 aliphatic heterocycles. The van der Waals surface area contributed by atoms with E-state index in [1.165, 1.54) is 40.9 Å². The topological polar surface area (TPSA) is 58.6 Å². The second-order valence-electron chi connectivity index (χ2n) is 7.12. The van der Waals surface area contributed by atoms with E-state index in [1.807, 2.05) is 36.4 Å². The van der Waals surface area contributed by atoms with Crippen LogP contribution in [0, 0.1) is 5.82 Å². The second kappa shape index (κ2) is 10.4. The van der Waals surface area contributed by atoms with Crippen LogP contribution in [0.3, 0.4) is 0 Å². The highest BCUT2D eigenvalue weighted by Gasteiger charge is 2.33. The van der Waals surface area contributed by atoms with Crippen molar-refractivity contribution >= 4 is 51.9 Å². The summed E-state index contributed by atoms with van der Waals surface area (Å²) in [7, 11) is 0. The number of hydrogen-bond donors (Lipinski definition) is 1. The lowest BCUT2D eigenvalue weighted by Crippen LogP contribution is -2.28. The van der Waals surface area contributed by atoms with Gasteiger partial charge in [0.25, 0.3) is 11.8 Å². The van der Waals surface area contributed by atoms with Gasteiger partial charge in [-0.15, -0.1) is 0 Å². The number of hydrogen-bond acceptors (Lipinski definition) is 5. The Hall–Kier alpha value is -3.49. The smallest absolute Gasteiger partial charge is 0.270 e. The Labute approximate surface area is 200 Å². The highest BCUT2D eigenvalue weighted by molar-refractivity contribution is 8.27. The van der Waals surface area contributed by atoms with Gasteiger partial charge in [-0.05, 0) is 53.6 Å². The molecule has 0 saturated carbocycles. The molecule has 3 aromatic carbocycles. The molecule has 1 N–H and O–H groups in total. The van der Waals surface area contributed by atoms with E-state index in [9.17, 15) is 14.0 Å². The fourth-order valence-electron chi connectivity index (χ4n) is 3.12. The summed E-state index contributed by atoms with van der Waals surface area (Å²) in [5, 5.41) is 2.81. The lowest BCUT2D eigenvalue weighted by molar-refractivity contribution is -0.123. The average molecular weight is 479 g/mol. The number of anilines is 1. The minimum absolute atomic E-state index is 0.122. The number of ether oxygens (including phenoxy) is 1. The van der Waals surface area contributed by atoms with E-state index in [1.54, 1.807) is 24.3 Å². The first-order valence-electron chi connectivity index (χ1n) is 10.1. The molecule has 0 unspecified atom stereocenters. The van der Waals surface area contributed by atoms with Gasteiger partial charge in [0.2, 0.25) is 0 Å². The molecule has 0 atom stereocenters. The SMILES string of the molecule is O=C(COc1cccc(/C=C2\SC(=S)N(c3ccc(F)cc3)C2=O)c1)NCc1ccccc1. The van der Waals surface area contributed by atoms with Crippen molar-refractivity contribution in [3.8, 4) is 5.75 Å². The predicted octanol–water partition coefficient (Wildman–Crippen LogP) is 4.93. The van der Waals surface area contributed by atoms with Crippen LogP contribution >= 0.6 is 24.0 Å². The molecule has 1 aliphatic rings. The van der Waals surface area contributed by atoms with E-state index in [0.29, 0.717) is 27.2 Å². The van der Waals surface area contributed by atoms with Gasteiger partial charge in [-0.2, -0.15) is 0 Å². The number of thioether (sulfide) groups is 1. The number of halogens is 1. The van der Waals surface area contributed by atoms with Gasteiger partial charge >= 0.3 is 0 Å². The standard InChI is InChI=1S/C25H19FN2O3S2/c26-19-9-11-20(12-10-19)28-24(30)22(33-25(28)32)14-18-7-4-8-21(13-18)31-16-23(29)27-15-17-5-2-1-3-6-17/h1-14H,15-16H2,(H,27,29)/b22-14-. The Morgan fingerprint density at radius 2 is 1.82 bits per heavy atom. The number of rotatable bonds is 7. The van der Waals surface area contributed by atoms with Gasteiger partial charge in [-0.3, -0.25) is 14.5 Å². The van der Waals surface area contributed by atoms with Crippen molar-refractivity contribution < 1.29 is 18.7 Å². The maximum Gasteiger partial charge on any atom is 0.270 e. The molecule has 33 heavy (non-hydrogen) atoms.